The summed E-state index contributed by atoms with van der Waals surface area (Å²) in [6.45, 7) is 2.00. The van der Waals surface area contributed by atoms with E-state index in [1.165, 1.54) is 18.2 Å². The molecule has 3 aromatic rings. The second-order valence-electron chi connectivity index (χ2n) is 6.75. The number of hydrogen-bond donors (Lipinski definition) is 2. The zero-order chi connectivity index (χ0) is 21.7. The van der Waals surface area contributed by atoms with Crippen LogP contribution in [0.15, 0.2) is 59.5 Å². The Bertz CT molecular complexity index is 1130. The molecule has 1 aromatic heterocycles. The van der Waals surface area contributed by atoms with Crippen LogP contribution in [0.25, 0.3) is 22.4 Å². The summed E-state index contributed by atoms with van der Waals surface area (Å²) >= 11 is 0. The summed E-state index contributed by atoms with van der Waals surface area (Å²) in [5.74, 6) is -0.183. The second-order valence-corrected chi connectivity index (χ2v) is 8.28. The lowest BCUT2D eigenvalue weighted by Gasteiger charge is -2.17. The molecule has 30 heavy (non-hydrogen) atoms. The van der Waals surface area contributed by atoms with Gasteiger partial charge in [0.1, 0.15) is 5.82 Å². The molecule has 158 valence electrons. The largest absolute Gasteiger partial charge is 0.477 e. The SMILES string of the molecule is CCCCOc1nc(-c2ccc(F)cc2)cc(-c2ccccc2S(N)(=O)=O)c1CO. The van der Waals surface area contributed by atoms with Gasteiger partial charge in [0.25, 0.3) is 0 Å². The van der Waals surface area contributed by atoms with E-state index in [1.807, 2.05) is 6.92 Å². The van der Waals surface area contributed by atoms with Crippen LogP contribution in [0.3, 0.4) is 0 Å². The number of aliphatic hydroxyl groups is 1. The lowest BCUT2D eigenvalue weighted by Crippen LogP contribution is -2.14. The van der Waals surface area contributed by atoms with Gasteiger partial charge in [0.2, 0.25) is 15.9 Å². The fraction of sp³-hybridized carbons (Fsp3) is 0.227. The van der Waals surface area contributed by atoms with Crippen molar-refractivity contribution in [3.05, 3.63) is 66.0 Å². The number of rotatable bonds is 8. The first-order valence-corrected chi connectivity index (χ1v) is 11.1. The fourth-order valence-corrected chi connectivity index (χ4v) is 3.83. The summed E-state index contributed by atoms with van der Waals surface area (Å²) in [4.78, 5) is 4.43. The molecule has 0 aliphatic carbocycles. The Balaban J connectivity index is 2.27. The molecule has 1 heterocycles. The van der Waals surface area contributed by atoms with E-state index in [0.717, 1.165) is 12.8 Å². The van der Waals surface area contributed by atoms with E-state index in [0.29, 0.717) is 34.6 Å². The molecule has 0 atom stereocenters. The number of hydrogen-bond acceptors (Lipinski definition) is 5. The summed E-state index contributed by atoms with van der Waals surface area (Å²) in [6.07, 6.45) is 1.70. The van der Waals surface area contributed by atoms with E-state index in [1.54, 1.807) is 36.4 Å². The van der Waals surface area contributed by atoms with Crippen molar-refractivity contribution >= 4 is 10.0 Å². The quantitative estimate of drug-likeness (QED) is 0.528. The Kier molecular flexibility index (Phi) is 6.81. The van der Waals surface area contributed by atoms with Crippen LogP contribution in [0.4, 0.5) is 4.39 Å². The average molecular weight is 431 g/mol. The van der Waals surface area contributed by atoms with Crippen LogP contribution in [0.2, 0.25) is 0 Å². The van der Waals surface area contributed by atoms with Crippen LogP contribution < -0.4 is 9.88 Å². The number of primary sulfonamides is 1. The molecular weight excluding hydrogens is 407 g/mol. The molecule has 0 aliphatic rings. The van der Waals surface area contributed by atoms with Gasteiger partial charge < -0.3 is 9.84 Å². The molecule has 2 aromatic carbocycles. The number of nitrogens with two attached hydrogens (primary N) is 1. The second kappa shape index (κ2) is 9.34. The standard InChI is InChI=1S/C22H23FN2O4S/c1-2-3-12-29-22-19(14-26)18(17-6-4-5-7-21(17)30(24,27)28)13-20(25-22)15-8-10-16(23)11-9-15/h4-11,13,26H,2-3,12,14H2,1H3,(H2,24,27,28). The van der Waals surface area contributed by atoms with Gasteiger partial charge in [0, 0.05) is 16.7 Å². The lowest BCUT2D eigenvalue weighted by atomic mass is 9.98. The van der Waals surface area contributed by atoms with Gasteiger partial charge in [-0.25, -0.2) is 22.9 Å². The molecule has 0 spiro atoms. The fourth-order valence-electron chi connectivity index (χ4n) is 3.08. The van der Waals surface area contributed by atoms with Crippen LogP contribution >= 0.6 is 0 Å². The minimum Gasteiger partial charge on any atom is -0.477 e. The first-order valence-electron chi connectivity index (χ1n) is 9.51. The number of unbranched alkanes of at least 4 members (excludes halogenated alkanes) is 1. The normalized spacial score (nSPS) is 11.5. The molecule has 3 rings (SSSR count). The van der Waals surface area contributed by atoms with Crippen molar-refractivity contribution < 1.29 is 22.7 Å². The number of aliphatic hydroxyl groups excluding tert-OH is 1. The number of aromatic nitrogens is 1. The van der Waals surface area contributed by atoms with Gasteiger partial charge in [-0.3, -0.25) is 0 Å². The molecule has 0 radical (unpaired) electrons. The summed E-state index contributed by atoms with van der Waals surface area (Å²) in [5.41, 5.74) is 2.19. The maximum Gasteiger partial charge on any atom is 0.238 e. The van der Waals surface area contributed by atoms with Crippen LogP contribution in [-0.4, -0.2) is 25.1 Å². The Morgan fingerprint density at radius 2 is 1.80 bits per heavy atom. The minimum absolute atomic E-state index is 0.0736. The monoisotopic (exact) mass is 430 g/mol. The number of pyridine rings is 1. The minimum atomic E-state index is -4.02. The third kappa shape index (κ3) is 4.84. The van der Waals surface area contributed by atoms with E-state index >= 15 is 0 Å². The predicted molar refractivity (Wildman–Crippen MR) is 113 cm³/mol. The van der Waals surface area contributed by atoms with Gasteiger partial charge in [-0.15, -0.1) is 0 Å². The van der Waals surface area contributed by atoms with Crippen LogP contribution in [0.5, 0.6) is 5.88 Å². The van der Waals surface area contributed by atoms with E-state index in [-0.39, 0.29) is 16.6 Å². The maximum atomic E-state index is 13.4. The van der Waals surface area contributed by atoms with E-state index in [9.17, 15) is 17.9 Å². The average Bonchev–Trinajstić information content (AvgIpc) is 2.73. The molecule has 0 aliphatic heterocycles. The lowest BCUT2D eigenvalue weighted by molar-refractivity contribution is 0.256. The molecule has 0 unspecified atom stereocenters. The molecule has 0 bridgehead atoms. The zero-order valence-electron chi connectivity index (χ0n) is 16.5. The summed E-state index contributed by atoms with van der Waals surface area (Å²) in [5, 5.41) is 15.5. The van der Waals surface area contributed by atoms with Crippen molar-refractivity contribution in [1.82, 2.24) is 4.98 Å². The van der Waals surface area contributed by atoms with E-state index in [2.05, 4.69) is 4.98 Å². The Hall–Kier alpha value is -2.81. The Labute approximate surface area is 175 Å². The smallest absolute Gasteiger partial charge is 0.238 e. The topological polar surface area (TPSA) is 103 Å². The summed E-state index contributed by atoms with van der Waals surface area (Å²) in [7, 11) is -4.02. The Morgan fingerprint density at radius 3 is 2.43 bits per heavy atom. The molecule has 0 amide bonds. The third-order valence-electron chi connectivity index (χ3n) is 4.60. The van der Waals surface area contributed by atoms with Crippen LogP contribution in [0, 0.1) is 5.82 Å². The number of ether oxygens (including phenoxy) is 1. The summed E-state index contributed by atoms with van der Waals surface area (Å²) < 4.78 is 43.5. The first kappa shape index (κ1) is 21.9. The molecule has 0 fully saturated rings. The number of sulfonamides is 1. The zero-order valence-corrected chi connectivity index (χ0v) is 17.3. The van der Waals surface area contributed by atoms with Crippen LogP contribution in [-0.2, 0) is 16.6 Å². The summed E-state index contributed by atoms with van der Waals surface area (Å²) in [6, 6.07) is 13.7. The number of halogens is 1. The molecular formula is C22H23FN2O4S. The van der Waals surface area contributed by atoms with Crippen LogP contribution in [0.1, 0.15) is 25.3 Å². The molecule has 3 N–H and O–H groups in total. The van der Waals surface area contributed by atoms with Crippen molar-refractivity contribution in [1.29, 1.82) is 0 Å². The highest BCUT2D eigenvalue weighted by Crippen LogP contribution is 2.36. The molecule has 0 saturated heterocycles. The number of benzene rings is 2. The predicted octanol–water partition coefficient (Wildman–Crippen LogP) is 3.87. The van der Waals surface area contributed by atoms with Gasteiger partial charge in [-0.05, 0) is 48.4 Å². The highest BCUT2D eigenvalue weighted by Gasteiger charge is 2.21. The van der Waals surface area contributed by atoms with Gasteiger partial charge in [-0.1, -0.05) is 31.5 Å². The first-order chi connectivity index (χ1) is 14.3. The number of nitrogens with zero attached hydrogens (tertiary/aromatic N) is 1. The molecule has 6 nitrogen and oxygen atoms in total. The highest BCUT2D eigenvalue weighted by molar-refractivity contribution is 7.89. The van der Waals surface area contributed by atoms with Gasteiger partial charge in [-0.2, -0.15) is 0 Å². The van der Waals surface area contributed by atoms with Gasteiger partial charge >= 0.3 is 0 Å². The van der Waals surface area contributed by atoms with E-state index < -0.39 is 16.6 Å². The van der Waals surface area contributed by atoms with Gasteiger partial charge in [0.05, 0.1) is 23.8 Å². The van der Waals surface area contributed by atoms with Crippen molar-refractivity contribution in [3.63, 3.8) is 0 Å². The maximum absolute atomic E-state index is 13.4. The third-order valence-corrected chi connectivity index (χ3v) is 5.57. The van der Waals surface area contributed by atoms with Crippen molar-refractivity contribution in [2.45, 2.75) is 31.3 Å². The Morgan fingerprint density at radius 1 is 1.10 bits per heavy atom. The van der Waals surface area contributed by atoms with Crippen molar-refractivity contribution in [3.8, 4) is 28.3 Å². The molecule has 8 heteroatoms. The van der Waals surface area contributed by atoms with Crippen molar-refractivity contribution in [2.75, 3.05) is 6.61 Å². The van der Waals surface area contributed by atoms with E-state index in [4.69, 9.17) is 9.88 Å². The van der Waals surface area contributed by atoms with Gasteiger partial charge in [0.15, 0.2) is 0 Å². The highest BCUT2D eigenvalue weighted by atomic mass is 32.2. The van der Waals surface area contributed by atoms with Crippen molar-refractivity contribution in [2.24, 2.45) is 5.14 Å². The molecule has 0 saturated carbocycles.